The molecule has 82 valence electrons. The van der Waals surface area contributed by atoms with Crippen molar-refractivity contribution >= 4 is 27.7 Å². The number of halogens is 1. The van der Waals surface area contributed by atoms with Crippen LogP contribution in [0.4, 0.5) is 0 Å². The van der Waals surface area contributed by atoms with E-state index >= 15 is 0 Å². The third kappa shape index (κ3) is 3.75. The van der Waals surface area contributed by atoms with E-state index < -0.39 is 5.91 Å². The van der Waals surface area contributed by atoms with Gasteiger partial charge in [-0.3, -0.25) is 9.59 Å². The van der Waals surface area contributed by atoms with Crippen molar-refractivity contribution in [3.63, 3.8) is 0 Å². The van der Waals surface area contributed by atoms with E-state index in [1.807, 2.05) is 0 Å². The minimum absolute atomic E-state index is 0.105. The third-order valence-corrected chi connectivity index (χ3v) is 2.11. The molecule has 1 aromatic heterocycles. The number of rotatable bonds is 4. The topological polar surface area (TPSA) is 85.3 Å². The summed E-state index contributed by atoms with van der Waals surface area (Å²) in [4.78, 5) is 22.0. The first-order chi connectivity index (χ1) is 6.99. The highest BCUT2D eigenvalue weighted by Gasteiger charge is 2.14. The van der Waals surface area contributed by atoms with E-state index in [2.05, 4.69) is 21.2 Å². The van der Waals surface area contributed by atoms with Gasteiger partial charge in [-0.05, 0) is 35.0 Å². The van der Waals surface area contributed by atoms with Gasteiger partial charge in [0.25, 0.3) is 5.91 Å². The lowest BCUT2D eigenvalue weighted by Gasteiger charge is -2.09. The summed E-state index contributed by atoms with van der Waals surface area (Å²) in [5, 5.41) is 2.59. The van der Waals surface area contributed by atoms with Crippen LogP contribution in [-0.2, 0) is 4.79 Å². The van der Waals surface area contributed by atoms with Crippen LogP contribution in [0.15, 0.2) is 21.2 Å². The second kappa shape index (κ2) is 4.97. The van der Waals surface area contributed by atoms with Gasteiger partial charge < -0.3 is 15.5 Å². The van der Waals surface area contributed by atoms with Crippen LogP contribution < -0.4 is 11.1 Å². The summed E-state index contributed by atoms with van der Waals surface area (Å²) in [6.07, 6.45) is 0.105. The number of nitrogens with one attached hydrogen (secondary N) is 1. The van der Waals surface area contributed by atoms with E-state index in [1.165, 1.54) is 6.07 Å². The zero-order valence-corrected chi connectivity index (χ0v) is 9.71. The van der Waals surface area contributed by atoms with Crippen molar-refractivity contribution in [1.82, 2.24) is 5.32 Å². The van der Waals surface area contributed by atoms with Crippen LogP contribution in [0.3, 0.4) is 0 Å². The number of carbonyl (C=O) groups is 2. The normalized spacial score (nSPS) is 12.1. The van der Waals surface area contributed by atoms with Gasteiger partial charge in [-0.15, -0.1) is 0 Å². The molecule has 0 aliphatic heterocycles. The van der Waals surface area contributed by atoms with Gasteiger partial charge in [-0.25, -0.2) is 0 Å². The number of amides is 2. The van der Waals surface area contributed by atoms with Crippen LogP contribution in [0, 0.1) is 0 Å². The molecule has 0 saturated heterocycles. The fraction of sp³-hybridized carbons (Fsp3) is 0.333. The first-order valence-corrected chi connectivity index (χ1v) is 5.13. The molecule has 0 aromatic carbocycles. The number of hydrogen-bond donors (Lipinski definition) is 2. The molecule has 1 atom stereocenters. The first kappa shape index (κ1) is 11.8. The maximum Gasteiger partial charge on any atom is 0.287 e. The van der Waals surface area contributed by atoms with Crippen molar-refractivity contribution in [3.05, 3.63) is 22.6 Å². The number of furan rings is 1. The van der Waals surface area contributed by atoms with Gasteiger partial charge in [0.05, 0.1) is 0 Å². The Balaban J connectivity index is 2.52. The highest BCUT2D eigenvalue weighted by Crippen LogP contribution is 2.13. The van der Waals surface area contributed by atoms with Crippen LogP contribution in [0.5, 0.6) is 0 Å². The Morgan fingerprint density at radius 3 is 2.73 bits per heavy atom. The lowest BCUT2D eigenvalue weighted by molar-refractivity contribution is -0.118. The van der Waals surface area contributed by atoms with Gasteiger partial charge in [-0.1, -0.05) is 0 Å². The lowest BCUT2D eigenvalue weighted by Crippen LogP contribution is -2.35. The molecule has 1 aromatic rings. The summed E-state index contributed by atoms with van der Waals surface area (Å²) in [6.45, 7) is 1.70. The molecule has 0 bridgehead atoms. The molecule has 0 spiro atoms. The molecule has 1 heterocycles. The second-order valence-corrected chi connectivity index (χ2v) is 3.93. The maximum absolute atomic E-state index is 11.5. The molecular weight excluding hydrogens is 264 g/mol. The van der Waals surface area contributed by atoms with Gasteiger partial charge in [0.2, 0.25) is 5.91 Å². The van der Waals surface area contributed by atoms with E-state index in [0.29, 0.717) is 4.67 Å². The molecule has 6 heteroatoms. The molecule has 1 unspecified atom stereocenters. The van der Waals surface area contributed by atoms with Crippen molar-refractivity contribution < 1.29 is 14.0 Å². The highest BCUT2D eigenvalue weighted by atomic mass is 79.9. The average molecular weight is 275 g/mol. The Labute approximate surface area is 95.1 Å². The molecule has 1 rings (SSSR count). The Kier molecular flexibility index (Phi) is 3.90. The van der Waals surface area contributed by atoms with Gasteiger partial charge in [-0.2, -0.15) is 0 Å². The van der Waals surface area contributed by atoms with E-state index in [4.69, 9.17) is 10.2 Å². The van der Waals surface area contributed by atoms with E-state index in [9.17, 15) is 9.59 Å². The standard InChI is InChI=1S/C9H11BrN2O3/c1-5(4-8(11)13)12-9(14)6-2-3-7(10)15-6/h2-3,5H,4H2,1H3,(H2,11,13)(H,12,14). The van der Waals surface area contributed by atoms with Crippen molar-refractivity contribution in [3.8, 4) is 0 Å². The largest absolute Gasteiger partial charge is 0.444 e. The Hall–Kier alpha value is -1.30. The zero-order chi connectivity index (χ0) is 11.4. The molecule has 0 fully saturated rings. The summed E-state index contributed by atoms with van der Waals surface area (Å²) >= 11 is 3.09. The smallest absolute Gasteiger partial charge is 0.287 e. The molecule has 15 heavy (non-hydrogen) atoms. The van der Waals surface area contributed by atoms with Gasteiger partial charge >= 0.3 is 0 Å². The SMILES string of the molecule is CC(CC(N)=O)NC(=O)c1ccc(Br)o1. The number of hydrogen-bond acceptors (Lipinski definition) is 3. The van der Waals surface area contributed by atoms with E-state index in [-0.39, 0.29) is 24.1 Å². The molecular formula is C9H11BrN2O3. The lowest BCUT2D eigenvalue weighted by atomic mass is 10.2. The molecule has 3 N–H and O–H groups in total. The Morgan fingerprint density at radius 2 is 2.27 bits per heavy atom. The first-order valence-electron chi connectivity index (χ1n) is 4.33. The molecule has 0 saturated carbocycles. The van der Waals surface area contributed by atoms with Crippen LogP contribution in [0.2, 0.25) is 0 Å². The average Bonchev–Trinajstić information content (AvgIpc) is 2.49. The summed E-state index contributed by atoms with van der Waals surface area (Å²) in [6, 6.07) is 2.85. The summed E-state index contributed by atoms with van der Waals surface area (Å²) in [5.74, 6) is -0.629. The quantitative estimate of drug-likeness (QED) is 0.860. The van der Waals surface area contributed by atoms with Crippen molar-refractivity contribution in [2.24, 2.45) is 5.73 Å². The summed E-state index contributed by atoms with van der Waals surface area (Å²) in [7, 11) is 0. The van der Waals surface area contributed by atoms with Crippen molar-refractivity contribution in [2.75, 3.05) is 0 Å². The molecule has 0 radical (unpaired) electrons. The molecule has 0 aliphatic carbocycles. The predicted molar refractivity (Wildman–Crippen MR) is 57.1 cm³/mol. The minimum atomic E-state index is -0.455. The summed E-state index contributed by atoms with van der Waals surface area (Å²) < 4.78 is 5.52. The fourth-order valence-electron chi connectivity index (χ4n) is 1.08. The van der Waals surface area contributed by atoms with Crippen LogP contribution in [0.1, 0.15) is 23.9 Å². The Bertz CT molecular complexity index is 375. The van der Waals surface area contributed by atoms with E-state index in [0.717, 1.165) is 0 Å². The van der Waals surface area contributed by atoms with Gasteiger partial charge in [0.1, 0.15) is 0 Å². The number of primary amides is 1. The Morgan fingerprint density at radius 1 is 1.60 bits per heavy atom. The highest BCUT2D eigenvalue weighted by molar-refractivity contribution is 9.10. The molecule has 5 nitrogen and oxygen atoms in total. The minimum Gasteiger partial charge on any atom is -0.444 e. The van der Waals surface area contributed by atoms with Crippen LogP contribution in [-0.4, -0.2) is 17.9 Å². The predicted octanol–water partition coefficient (Wildman–Crippen LogP) is 1.04. The van der Waals surface area contributed by atoms with Crippen LogP contribution in [0.25, 0.3) is 0 Å². The van der Waals surface area contributed by atoms with Gasteiger partial charge in [0.15, 0.2) is 10.4 Å². The monoisotopic (exact) mass is 274 g/mol. The second-order valence-electron chi connectivity index (χ2n) is 3.15. The van der Waals surface area contributed by atoms with Gasteiger partial charge in [0, 0.05) is 12.5 Å². The number of nitrogens with two attached hydrogens (primary N) is 1. The molecule has 2 amide bonds. The maximum atomic E-state index is 11.5. The van der Waals surface area contributed by atoms with E-state index in [1.54, 1.807) is 13.0 Å². The molecule has 0 aliphatic rings. The zero-order valence-electron chi connectivity index (χ0n) is 8.12. The fourth-order valence-corrected chi connectivity index (χ4v) is 1.39. The summed E-state index contributed by atoms with van der Waals surface area (Å²) in [5.41, 5.74) is 4.99. The number of carbonyl (C=O) groups excluding carboxylic acids is 2. The third-order valence-electron chi connectivity index (χ3n) is 1.68. The van der Waals surface area contributed by atoms with Crippen molar-refractivity contribution in [1.29, 1.82) is 0 Å². The van der Waals surface area contributed by atoms with Crippen molar-refractivity contribution in [2.45, 2.75) is 19.4 Å². The van der Waals surface area contributed by atoms with Crippen LogP contribution >= 0.6 is 15.9 Å².